The average Bonchev–Trinajstić information content (AvgIpc) is 2.36. The van der Waals surface area contributed by atoms with E-state index in [0.29, 0.717) is 11.0 Å². The maximum Gasteiger partial charge on any atom is 0.333 e. The van der Waals surface area contributed by atoms with Crippen LogP contribution >= 0.6 is 0 Å². The van der Waals surface area contributed by atoms with Crippen molar-refractivity contribution in [2.45, 2.75) is 71.3 Å². The van der Waals surface area contributed by atoms with E-state index >= 15 is 0 Å². The van der Waals surface area contributed by atoms with Crippen LogP contribution in [0.3, 0.4) is 0 Å². The highest BCUT2D eigenvalue weighted by Crippen LogP contribution is 2.62. The fourth-order valence-corrected chi connectivity index (χ4v) is 5.55. The van der Waals surface area contributed by atoms with Gasteiger partial charge in [0.2, 0.25) is 0 Å². The van der Waals surface area contributed by atoms with Gasteiger partial charge in [-0.3, -0.25) is 0 Å². The SMILES string of the molecule is C=C(C)C(=O)OC(CCC)C12CC3CC(CC(C3)C1)C2. The zero-order valence-electron chi connectivity index (χ0n) is 13.0. The van der Waals surface area contributed by atoms with Crippen molar-refractivity contribution < 1.29 is 9.53 Å². The molecule has 0 aromatic rings. The number of hydrogen-bond donors (Lipinski definition) is 0. The van der Waals surface area contributed by atoms with E-state index in [2.05, 4.69) is 13.5 Å². The molecule has 20 heavy (non-hydrogen) atoms. The number of rotatable bonds is 5. The highest BCUT2D eigenvalue weighted by atomic mass is 16.5. The van der Waals surface area contributed by atoms with Gasteiger partial charge in [0.05, 0.1) is 0 Å². The number of ether oxygens (including phenoxy) is 1. The van der Waals surface area contributed by atoms with Crippen LogP contribution in [0.1, 0.15) is 65.2 Å². The maximum atomic E-state index is 12.0. The Morgan fingerprint density at radius 3 is 2.10 bits per heavy atom. The molecule has 4 saturated carbocycles. The summed E-state index contributed by atoms with van der Waals surface area (Å²) in [6, 6.07) is 0. The summed E-state index contributed by atoms with van der Waals surface area (Å²) in [6.45, 7) is 7.69. The lowest BCUT2D eigenvalue weighted by Gasteiger charge is -2.59. The van der Waals surface area contributed by atoms with Gasteiger partial charge in [-0.1, -0.05) is 19.9 Å². The van der Waals surface area contributed by atoms with Crippen molar-refractivity contribution in [3.63, 3.8) is 0 Å². The van der Waals surface area contributed by atoms with Crippen molar-refractivity contribution in [1.82, 2.24) is 0 Å². The Balaban J connectivity index is 1.79. The lowest BCUT2D eigenvalue weighted by Crippen LogP contribution is -2.52. The Kier molecular flexibility index (Phi) is 3.68. The second-order valence-corrected chi connectivity index (χ2v) is 7.74. The van der Waals surface area contributed by atoms with E-state index < -0.39 is 0 Å². The topological polar surface area (TPSA) is 26.3 Å². The standard InChI is InChI=1S/C18H28O2/c1-4-5-16(20-17(19)12(2)3)18-9-13-6-14(10-18)8-15(7-13)11-18/h13-16H,2,4-11H2,1,3H3. The summed E-state index contributed by atoms with van der Waals surface area (Å²) in [5.41, 5.74) is 0.839. The van der Waals surface area contributed by atoms with Gasteiger partial charge in [-0.15, -0.1) is 0 Å². The molecule has 1 atom stereocenters. The Morgan fingerprint density at radius 2 is 1.70 bits per heavy atom. The smallest absolute Gasteiger partial charge is 0.333 e. The minimum Gasteiger partial charge on any atom is -0.458 e. The van der Waals surface area contributed by atoms with Crippen LogP contribution in [0.4, 0.5) is 0 Å². The molecular formula is C18H28O2. The molecule has 0 saturated heterocycles. The van der Waals surface area contributed by atoms with E-state index in [4.69, 9.17) is 4.74 Å². The molecule has 4 rings (SSSR count). The van der Waals surface area contributed by atoms with E-state index in [1.165, 1.54) is 38.5 Å². The maximum absolute atomic E-state index is 12.0. The summed E-state index contributed by atoms with van der Waals surface area (Å²) >= 11 is 0. The molecular weight excluding hydrogens is 248 g/mol. The molecule has 112 valence electrons. The predicted octanol–water partition coefficient (Wildman–Crippen LogP) is 4.49. The molecule has 2 nitrogen and oxygen atoms in total. The van der Waals surface area contributed by atoms with Crippen LogP contribution in [0, 0.1) is 23.2 Å². The van der Waals surface area contributed by atoms with E-state index in [0.717, 1.165) is 30.6 Å². The van der Waals surface area contributed by atoms with Crippen LogP contribution in [0.15, 0.2) is 12.2 Å². The van der Waals surface area contributed by atoms with Crippen LogP contribution in [0.25, 0.3) is 0 Å². The van der Waals surface area contributed by atoms with Gasteiger partial charge in [0, 0.05) is 11.0 Å². The number of esters is 1. The lowest BCUT2D eigenvalue weighted by atomic mass is 9.48. The van der Waals surface area contributed by atoms with E-state index in [-0.39, 0.29) is 12.1 Å². The van der Waals surface area contributed by atoms with Crippen LogP contribution in [-0.4, -0.2) is 12.1 Å². The lowest BCUT2D eigenvalue weighted by molar-refractivity contribution is -0.170. The molecule has 2 heteroatoms. The second kappa shape index (κ2) is 5.20. The normalized spacial score (nSPS) is 39.6. The van der Waals surface area contributed by atoms with Gasteiger partial charge < -0.3 is 4.74 Å². The molecule has 0 amide bonds. The van der Waals surface area contributed by atoms with Crippen LogP contribution < -0.4 is 0 Å². The van der Waals surface area contributed by atoms with Gasteiger partial charge in [0.1, 0.15) is 6.10 Å². The van der Waals surface area contributed by atoms with Gasteiger partial charge in [0.15, 0.2) is 0 Å². The Labute approximate surface area is 123 Å². The average molecular weight is 276 g/mol. The van der Waals surface area contributed by atoms with Crippen LogP contribution in [0.2, 0.25) is 0 Å². The first-order valence-corrected chi connectivity index (χ1v) is 8.39. The van der Waals surface area contributed by atoms with Crippen LogP contribution in [-0.2, 0) is 9.53 Å². The van der Waals surface area contributed by atoms with Crippen molar-refractivity contribution in [1.29, 1.82) is 0 Å². The minimum absolute atomic E-state index is 0.130. The summed E-state index contributed by atoms with van der Waals surface area (Å²) in [7, 11) is 0. The molecule has 4 aliphatic carbocycles. The molecule has 0 aromatic heterocycles. The van der Waals surface area contributed by atoms with Gasteiger partial charge in [-0.05, 0) is 69.6 Å². The summed E-state index contributed by atoms with van der Waals surface area (Å²) in [5.74, 6) is 2.54. The molecule has 4 fully saturated rings. The first-order chi connectivity index (χ1) is 9.52. The molecule has 4 aliphatic rings. The first kappa shape index (κ1) is 14.2. The fourth-order valence-electron chi connectivity index (χ4n) is 5.55. The largest absolute Gasteiger partial charge is 0.458 e. The monoisotopic (exact) mass is 276 g/mol. The van der Waals surface area contributed by atoms with Gasteiger partial charge in [-0.2, -0.15) is 0 Å². The van der Waals surface area contributed by atoms with Crippen LogP contribution in [0.5, 0.6) is 0 Å². The molecule has 0 N–H and O–H groups in total. The highest BCUT2D eigenvalue weighted by molar-refractivity contribution is 5.87. The zero-order chi connectivity index (χ0) is 14.3. The Bertz CT molecular complexity index is 374. The van der Waals surface area contributed by atoms with Crippen molar-refractivity contribution in [2.24, 2.45) is 23.2 Å². The quantitative estimate of drug-likeness (QED) is 0.546. The van der Waals surface area contributed by atoms with Crippen molar-refractivity contribution in [2.75, 3.05) is 0 Å². The fraction of sp³-hybridized carbons (Fsp3) is 0.833. The summed E-state index contributed by atoms with van der Waals surface area (Å²) < 4.78 is 5.90. The van der Waals surface area contributed by atoms with Crippen molar-refractivity contribution in [3.05, 3.63) is 12.2 Å². The van der Waals surface area contributed by atoms with Crippen molar-refractivity contribution in [3.8, 4) is 0 Å². The Hall–Kier alpha value is -0.790. The molecule has 0 aromatic carbocycles. The molecule has 1 unspecified atom stereocenters. The minimum atomic E-state index is -0.181. The molecule has 0 aliphatic heterocycles. The number of carbonyl (C=O) groups is 1. The third kappa shape index (κ3) is 2.42. The first-order valence-electron chi connectivity index (χ1n) is 8.39. The zero-order valence-corrected chi connectivity index (χ0v) is 13.0. The molecule has 4 bridgehead atoms. The van der Waals surface area contributed by atoms with E-state index in [9.17, 15) is 4.79 Å². The predicted molar refractivity (Wildman–Crippen MR) is 80.2 cm³/mol. The van der Waals surface area contributed by atoms with E-state index in [1.54, 1.807) is 6.92 Å². The summed E-state index contributed by atoms with van der Waals surface area (Å²) in [5, 5.41) is 0. The summed E-state index contributed by atoms with van der Waals surface area (Å²) in [4.78, 5) is 12.0. The molecule has 0 heterocycles. The van der Waals surface area contributed by atoms with Crippen molar-refractivity contribution >= 4 is 5.97 Å². The molecule has 0 spiro atoms. The number of hydrogen-bond acceptors (Lipinski definition) is 2. The third-order valence-electron chi connectivity index (χ3n) is 5.92. The van der Waals surface area contributed by atoms with Gasteiger partial charge >= 0.3 is 5.97 Å². The Morgan fingerprint density at radius 1 is 1.20 bits per heavy atom. The van der Waals surface area contributed by atoms with Gasteiger partial charge in [0.25, 0.3) is 0 Å². The second-order valence-electron chi connectivity index (χ2n) is 7.74. The van der Waals surface area contributed by atoms with Gasteiger partial charge in [-0.25, -0.2) is 4.79 Å². The molecule has 0 radical (unpaired) electrons. The third-order valence-corrected chi connectivity index (χ3v) is 5.92. The summed E-state index contributed by atoms with van der Waals surface area (Å²) in [6.07, 6.45) is 10.4. The number of carbonyl (C=O) groups excluding carboxylic acids is 1. The highest BCUT2D eigenvalue weighted by Gasteiger charge is 2.55. The van der Waals surface area contributed by atoms with E-state index in [1.807, 2.05) is 0 Å².